The fraction of sp³-hybridized carbons (Fsp3) is 0.238. The Morgan fingerprint density at radius 3 is 2.14 bits per heavy atom. The second-order valence-electron chi connectivity index (χ2n) is 6.40. The Kier molecular flexibility index (Phi) is 6.35. The molecule has 0 aliphatic heterocycles. The van der Waals surface area contributed by atoms with Gasteiger partial charge >= 0.3 is 0 Å². The summed E-state index contributed by atoms with van der Waals surface area (Å²) in [6, 6.07) is 10.5. The van der Waals surface area contributed by atoms with Crippen LogP contribution in [0.15, 0.2) is 36.4 Å². The molecule has 0 fully saturated rings. The predicted molar refractivity (Wildman–Crippen MR) is 115 cm³/mol. The largest absolute Gasteiger partial charge is 0.496 e. The Morgan fingerprint density at radius 1 is 1.03 bits per heavy atom. The molecular weight excluding hydrogens is 413 g/mol. The van der Waals surface area contributed by atoms with E-state index in [2.05, 4.69) is 10.4 Å². The van der Waals surface area contributed by atoms with Crippen LogP contribution in [0.25, 0.3) is 0 Å². The third kappa shape index (κ3) is 4.18. The second kappa shape index (κ2) is 8.76. The highest BCUT2D eigenvalue weighted by atomic mass is 35.5. The first kappa shape index (κ1) is 21.0. The van der Waals surface area contributed by atoms with E-state index < -0.39 is 0 Å². The minimum Gasteiger partial charge on any atom is -0.496 e. The number of ether oxygens (including phenoxy) is 2. The Balaban J connectivity index is 1.93. The lowest BCUT2D eigenvalue weighted by Gasteiger charge is -2.13. The van der Waals surface area contributed by atoms with Gasteiger partial charge in [0.15, 0.2) is 0 Å². The van der Waals surface area contributed by atoms with Gasteiger partial charge in [-0.3, -0.25) is 9.48 Å². The van der Waals surface area contributed by atoms with Crippen LogP contribution >= 0.6 is 23.2 Å². The van der Waals surface area contributed by atoms with Crippen LogP contribution in [0.3, 0.4) is 0 Å². The lowest BCUT2D eigenvalue weighted by atomic mass is 10.1. The minimum absolute atomic E-state index is 0.318. The lowest BCUT2D eigenvalue weighted by Crippen LogP contribution is -2.15. The summed E-state index contributed by atoms with van der Waals surface area (Å²) in [6.45, 7) is 4.09. The van der Waals surface area contributed by atoms with Gasteiger partial charge in [0, 0.05) is 15.6 Å². The average molecular weight is 434 g/mol. The van der Waals surface area contributed by atoms with Crippen LogP contribution in [0.1, 0.15) is 27.3 Å². The van der Waals surface area contributed by atoms with Crippen molar-refractivity contribution in [3.63, 3.8) is 0 Å². The van der Waals surface area contributed by atoms with Gasteiger partial charge in [-0.25, -0.2) is 0 Å². The molecule has 0 atom stereocenters. The summed E-state index contributed by atoms with van der Waals surface area (Å²) in [7, 11) is 3.01. The summed E-state index contributed by atoms with van der Waals surface area (Å²) >= 11 is 12.6. The van der Waals surface area contributed by atoms with Crippen molar-refractivity contribution < 1.29 is 14.3 Å². The number of amides is 1. The first-order valence-corrected chi connectivity index (χ1v) is 9.62. The number of hydrogen-bond donors (Lipinski definition) is 1. The molecule has 2 aromatic carbocycles. The van der Waals surface area contributed by atoms with Crippen LogP contribution in [0.2, 0.25) is 10.0 Å². The monoisotopic (exact) mass is 433 g/mol. The van der Waals surface area contributed by atoms with Gasteiger partial charge in [-0.05, 0) is 38.1 Å². The summed E-state index contributed by atoms with van der Waals surface area (Å²) in [6.07, 6.45) is 0. The topological polar surface area (TPSA) is 65.4 Å². The zero-order valence-electron chi connectivity index (χ0n) is 16.5. The van der Waals surface area contributed by atoms with Gasteiger partial charge in [0.25, 0.3) is 5.91 Å². The summed E-state index contributed by atoms with van der Waals surface area (Å²) < 4.78 is 12.4. The number of methoxy groups -OCH3 is 2. The van der Waals surface area contributed by atoms with Crippen LogP contribution in [0.4, 0.5) is 5.69 Å². The number of hydrogen-bond acceptors (Lipinski definition) is 4. The van der Waals surface area contributed by atoms with E-state index in [1.807, 2.05) is 13.8 Å². The first-order chi connectivity index (χ1) is 13.9. The van der Waals surface area contributed by atoms with E-state index in [-0.39, 0.29) is 5.91 Å². The number of benzene rings is 2. The number of halogens is 2. The molecule has 29 heavy (non-hydrogen) atoms. The number of anilines is 1. The van der Waals surface area contributed by atoms with Gasteiger partial charge < -0.3 is 14.8 Å². The normalized spacial score (nSPS) is 10.7. The van der Waals surface area contributed by atoms with Crippen molar-refractivity contribution >= 4 is 34.8 Å². The van der Waals surface area contributed by atoms with Crippen molar-refractivity contribution in [2.24, 2.45) is 0 Å². The molecule has 1 heterocycles. The third-order valence-corrected chi connectivity index (χ3v) is 5.35. The number of aryl methyl sites for hydroxylation is 1. The van der Waals surface area contributed by atoms with Crippen LogP contribution in [0, 0.1) is 13.8 Å². The summed E-state index contributed by atoms with van der Waals surface area (Å²) in [4.78, 5) is 13.0. The Hall–Kier alpha value is -2.70. The summed E-state index contributed by atoms with van der Waals surface area (Å²) in [5.41, 5.74) is 3.16. The maximum absolute atomic E-state index is 13.0. The second-order valence-corrected chi connectivity index (χ2v) is 7.21. The molecule has 1 aromatic heterocycles. The molecule has 6 nitrogen and oxygen atoms in total. The average Bonchev–Trinajstić information content (AvgIpc) is 2.97. The molecule has 0 saturated heterocycles. The Labute approximate surface area is 179 Å². The molecule has 8 heteroatoms. The van der Waals surface area contributed by atoms with Crippen molar-refractivity contribution in [3.05, 3.63) is 69.0 Å². The van der Waals surface area contributed by atoms with Crippen molar-refractivity contribution in [1.82, 2.24) is 9.78 Å². The molecule has 3 aromatic rings. The van der Waals surface area contributed by atoms with E-state index >= 15 is 0 Å². The van der Waals surface area contributed by atoms with Crippen LogP contribution in [-0.4, -0.2) is 29.9 Å². The molecule has 1 amide bonds. The molecule has 1 N–H and O–H groups in total. The van der Waals surface area contributed by atoms with E-state index in [1.165, 1.54) is 14.2 Å². The quantitative estimate of drug-likeness (QED) is 0.585. The number of nitrogens with one attached hydrogen (secondary N) is 1. The van der Waals surface area contributed by atoms with Gasteiger partial charge in [0.1, 0.15) is 17.1 Å². The lowest BCUT2D eigenvalue weighted by molar-refractivity contribution is 0.102. The van der Waals surface area contributed by atoms with Crippen molar-refractivity contribution in [2.45, 2.75) is 20.4 Å². The van der Waals surface area contributed by atoms with Gasteiger partial charge in [0.2, 0.25) is 0 Å². The molecule has 0 aliphatic rings. The van der Waals surface area contributed by atoms with Crippen molar-refractivity contribution in [1.29, 1.82) is 0 Å². The van der Waals surface area contributed by atoms with Crippen LogP contribution < -0.4 is 14.8 Å². The van der Waals surface area contributed by atoms with Crippen LogP contribution in [-0.2, 0) is 6.54 Å². The highest BCUT2D eigenvalue weighted by molar-refractivity contribution is 6.36. The van der Waals surface area contributed by atoms with E-state index in [9.17, 15) is 4.79 Å². The number of carbonyl (C=O) groups excluding carboxylic acids is 1. The SMILES string of the molecule is COc1cccc(OC)c1C(=O)Nc1c(C)nn(Cc2c(Cl)cccc2Cl)c1C. The van der Waals surface area contributed by atoms with Crippen molar-refractivity contribution in [3.8, 4) is 11.5 Å². The zero-order chi connectivity index (χ0) is 21.1. The molecule has 0 saturated carbocycles. The van der Waals surface area contributed by atoms with Crippen LogP contribution in [0.5, 0.6) is 11.5 Å². The highest BCUT2D eigenvalue weighted by Crippen LogP contribution is 2.31. The Bertz CT molecular complexity index is 1020. The van der Waals surface area contributed by atoms with Gasteiger partial charge in [0.05, 0.1) is 37.8 Å². The fourth-order valence-corrected chi connectivity index (χ4v) is 3.63. The summed E-state index contributed by atoms with van der Waals surface area (Å²) in [5, 5.41) is 8.60. The van der Waals surface area contributed by atoms with E-state index in [0.717, 1.165) is 11.3 Å². The standard InChI is InChI=1S/C21H21Cl2N3O3/c1-12-20(24-21(27)19-17(28-3)9-6-10-18(19)29-4)13(2)26(25-12)11-14-15(22)7-5-8-16(14)23/h5-10H,11H2,1-4H3,(H,24,27). The Morgan fingerprint density at radius 2 is 1.59 bits per heavy atom. The molecule has 0 aliphatic carbocycles. The van der Waals surface area contributed by atoms with E-state index in [4.69, 9.17) is 32.7 Å². The molecule has 3 rings (SSSR count). The van der Waals surface area contributed by atoms with E-state index in [0.29, 0.717) is 45.0 Å². The summed E-state index contributed by atoms with van der Waals surface area (Å²) in [5.74, 6) is 0.501. The number of rotatable bonds is 6. The molecule has 0 unspecified atom stereocenters. The van der Waals surface area contributed by atoms with Crippen molar-refractivity contribution in [2.75, 3.05) is 19.5 Å². The smallest absolute Gasteiger partial charge is 0.263 e. The number of carbonyl (C=O) groups is 1. The van der Waals surface area contributed by atoms with Gasteiger partial charge in [-0.15, -0.1) is 0 Å². The fourth-order valence-electron chi connectivity index (χ4n) is 3.12. The first-order valence-electron chi connectivity index (χ1n) is 8.86. The zero-order valence-corrected chi connectivity index (χ0v) is 18.1. The maximum Gasteiger partial charge on any atom is 0.263 e. The molecular formula is C21H21Cl2N3O3. The van der Waals surface area contributed by atoms with E-state index in [1.54, 1.807) is 41.1 Å². The predicted octanol–water partition coefficient (Wildman–Crippen LogP) is 5.12. The third-order valence-electron chi connectivity index (χ3n) is 4.64. The highest BCUT2D eigenvalue weighted by Gasteiger charge is 2.22. The molecule has 0 bridgehead atoms. The van der Waals surface area contributed by atoms with Gasteiger partial charge in [-0.2, -0.15) is 5.10 Å². The van der Waals surface area contributed by atoms with Gasteiger partial charge in [-0.1, -0.05) is 35.3 Å². The number of nitrogens with zero attached hydrogens (tertiary/aromatic N) is 2. The molecule has 0 spiro atoms. The molecule has 0 radical (unpaired) electrons. The minimum atomic E-state index is -0.346. The maximum atomic E-state index is 13.0. The molecule has 152 valence electrons. The number of aromatic nitrogens is 2.